The first kappa shape index (κ1) is 25.2. The molecule has 3 aromatic rings. The highest BCUT2D eigenvalue weighted by molar-refractivity contribution is 5.88. The van der Waals surface area contributed by atoms with Crippen LogP contribution in [0.1, 0.15) is 36.9 Å². The number of aromatic nitrogens is 2. The SMILES string of the molecule is CCCCNC(=O)[C@H](C#N)c1nc2ccccc2nc1N1CCN(c2cccc(C(F)(F)F)c2)CC1. The van der Waals surface area contributed by atoms with Gasteiger partial charge in [-0.15, -0.1) is 0 Å². The summed E-state index contributed by atoms with van der Waals surface area (Å²) in [5.41, 5.74) is 1.33. The fourth-order valence-corrected chi connectivity index (χ4v) is 4.22. The Morgan fingerprint density at radius 1 is 1.06 bits per heavy atom. The van der Waals surface area contributed by atoms with Crippen molar-refractivity contribution in [3.63, 3.8) is 0 Å². The Morgan fingerprint density at radius 3 is 2.36 bits per heavy atom. The quantitative estimate of drug-likeness (QED) is 0.485. The van der Waals surface area contributed by atoms with Crippen LogP contribution in [0.5, 0.6) is 0 Å². The van der Waals surface area contributed by atoms with Crippen molar-refractivity contribution in [3.8, 4) is 6.07 Å². The monoisotopic (exact) mass is 496 g/mol. The third-order valence-corrected chi connectivity index (χ3v) is 6.19. The Labute approximate surface area is 207 Å². The van der Waals surface area contributed by atoms with Crippen LogP contribution < -0.4 is 15.1 Å². The van der Waals surface area contributed by atoms with E-state index in [9.17, 15) is 23.2 Å². The maximum Gasteiger partial charge on any atom is 0.416 e. The molecule has 10 heteroatoms. The molecule has 2 heterocycles. The Morgan fingerprint density at radius 2 is 1.72 bits per heavy atom. The van der Waals surface area contributed by atoms with Crippen molar-refractivity contribution in [2.75, 3.05) is 42.5 Å². The molecule has 1 aromatic heterocycles. The number of alkyl halides is 3. The number of nitriles is 1. The average Bonchev–Trinajstić information content (AvgIpc) is 2.88. The molecule has 0 unspecified atom stereocenters. The van der Waals surface area contributed by atoms with Gasteiger partial charge < -0.3 is 15.1 Å². The van der Waals surface area contributed by atoms with E-state index in [0.29, 0.717) is 55.3 Å². The molecule has 0 aliphatic carbocycles. The van der Waals surface area contributed by atoms with Gasteiger partial charge in [0.15, 0.2) is 11.7 Å². The molecule has 1 amide bonds. The van der Waals surface area contributed by atoms with Crippen molar-refractivity contribution < 1.29 is 18.0 Å². The summed E-state index contributed by atoms with van der Waals surface area (Å²) in [4.78, 5) is 26.1. The van der Waals surface area contributed by atoms with E-state index >= 15 is 0 Å². The minimum absolute atomic E-state index is 0.290. The third kappa shape index (κ3) is 5.51. The summed E-state index contributed by atoms with van der Waals surface area (Å²) in [5.74, 6) is -1.09. The zero-order valence-corrected chi connectivity index (χ0v) is 19.9. The molecular weight excluding hydrogens is 469 g/mol. The zero-order chi connectivity index (χ0) is 25.7. The molecule has 1 N–H and O–H groups in total. The maximum atomic E-state index is 13.2. The highest BCUT2D eigenvalue weighted by Gasteiger charge is 2.32. The van der Waals surface area contributed by atoms with Crippen LogP contribution in [0.4, 0.5) is 24.7 Å². The van der Waals surface area contributed by atoms with Gasteiger partial charge in [0.1, 0.15) is 5.69 Å². The molecule has 0 radical (unpaired) electrons. The van der Waals surface area contributed by atoms with E-state index in [1.165, 1.54) is 6.07 Å². The number of hydrogen-bond acceptors (Lipinski definition) is 6. The Kier molecular flexibility index (Phi) is 7.58. The summed E-state index contributed by atoms with van der Waals surface area (Å²) in [6.45, 7) is 4.29. The lowest BCUT2D eigenvalue weighted by molar-refractivity contribution is -0.137. The number of halogens is 3. The molecule has 1 saturated heterocycles. The van der Waals surface area contributed by atoms with Gasteiger partial charge in [0.05, 0.1) is 22.7 Å². The van der Waals surface area contributed by atoms with Crippen LogP contribution in [0.3, 0.4) is 0 Å². The number of amides is 1. The lowest BCUT2D eigenvalue weighted by atomic mass is 10.0. The summed E-state index contributed by atoms with van der Waals surface area (Å²) in [5, 5.41) is 12.7. The second-order valence-electron chi connectivity index (χ2n) is 8.65. The van der Waals surface area contributed by atoms with E-state index in [4.69, 9.17) is 4.98 Å². The molecule has 188 valence electrons. The summed E-state index contributed by atoms with van der Waals surface area (Å²) >= 11 is 0. The zero-order valence-electron chi connectivity index (χ0n) is 19.9. The molecule has 0 saturated carbocycles. The molecule has 36 heavy (non-hydrogen) atoms. The molecule has 1 aliphatic rings. The highest BCUT2D eigenvalue weighted by atomic mass is 19.4. The summed E-state index contributed by atoms with van der Waals surface area (Å²) in [7, 11) is 0. The predicted octanol–water partition coefficient (Wildman–Crippen LogP) is 4.50. The minimum atomic E-state index is -4.41. The van der Waals surface area contributed by atoms with Gasteiger partial charge >= 0.3 is 6.18 Å². The maximum absolute atomic E-state index is 13.2. The largest absolute Gasteiger partial charge is 0.416 e. The second kappa shape index (κ2) is 10.8. The number of benzene rings is 2. The topological polar surface area (TPSA) is 85.1 Å². The molecule has 4 rings (SSSR count). The number of rotatable bonds is 7. The number of anilines is 2. The van der Waals surface area contributed by atoms with Gasteiger partial charge in [0.2, 0.25) is 5.91 Å². The smallest absolute Gasteiger partial charge is 0.368 e. The van der Waals surface area contributed by atoms with E-state index in [1.54, 1.807) is 12.1 Å². The van der Waals surface area contributed by atoms with Crippen molar-refractivity contribution in [1.29, 1.82) is 5.26 Å². The Hall–Kier alpha value is -3.87. The molecule has 0 bridgehead atoms. The Bertz CT molecular complexity index is 1260. The first-order valence-corrected chi connectivity index (χ1v) is 11.9. The predicted molar refractivity (Wildman–Crippen MR) is 132 cm³/mol. The van der Waals surface area contributed by atoms with Crippen LogP contribution in [0.15, 0.2) is 48.5 Å². The van der Waals surface area contributed by atoms with E-state index in [2.05, 4.69) is 16.4 Å². The van der Waals surface area contributed by atoms with Crippen molar-refractivity contribution in [3.05, 3.63) is 59.8 Å². The number of carbonyl (C=O) groups excluding carboxylic acids is 1. The number of hydrogen-bond donors (Lipinski definition) is 1. The van der Waals surface area contributed by atoms with Crippen LogP contribution in [0, 0.1) is 11.3 Å². The molecule has 1 atom stereocenters. The standard InChI is InChI=1S/C26H27F3N6O/c1-2-3-11-31-25(36)20(17-30)23-24(33-22-10-5-4-9-21(22)32-23)35-14-12-34(13-15-35)19-8-6-7-18(16-19)26(27,28)29/h4-10,16,20H,2-3,11-15H2,1H3,(H,31,36)/t20-/m1/s1. The van der Waals surface area contributed by atoms with E-state index in [-0.39, 0.29) is 5.69 Å². The second-order valence-corrected chi connectivity index (χ2v) is 8.65. The molecule has 2 aromatic carbocycles. The van der Waals surface area contributed by atoms with Gasteiger partial charge in [-0.2, -0.15) is 18.4 Å². The molecular formula is C26H27F3N6O. The number of nitrogens with one attached hydrogen (secondary N) is 1. The summed E-state index contributed by atoms with van der Waals surface area (Å²) in [6, 6.07) is 14.6. The number of nitrogens with zero attached hydrogens (tertiary/aromatic N) is 5. The summed E-state index contributed by atoms with van der Waals surface area (Å²) < 4.78 is 39.5. The van der Waals surface area contributed by atoms with Crippen LogP contribution in [0.2, 0.25) is 0 Å². The fraction of sp³-hybridized carbons (Fsp3) is 0.385. The fourth-order valence-electron chi connectivity index (χ4n) is 4.22. The lowest BCUT2D eigenvalue weighted by Crippen LogP contribution is -2.47. The summed E-state index contributed by atoms with van der Waals surface area (Å²) in [6.07, 6.45) is -2.69. The number of unbranched alkanes of at least 4 members (excludes halogenated alkanes) is 1. The van der Waals surface area contributed by atoms with Crippen molar-refractivity contribution in [2.45, 2.75) is 31.9 Å². The number of para-hydroxylation sites is 2. The van der Waals surface area contributed by atoms with Crippen LogP contribution in [-0.4, -0.2) is 48.6 Å². The third-order valence-electron chi connectivity index (χ3n) is 6.19. The first-order chi connectivity index (χ1) is 17.3. The van der Waals surface area contributed by atoms with Gasteiger partial charge in [-0.25, -0.2) is 9.97 Å². The highest BCUT2D eigenvalue weighted by Crippen LogP contribution is 2.33. The van der Waals surface area contributed by atoms with Gasteiger partial charge in [-0.05, 0) is 36.8 Å². The van der Waals surface area contributed by atoms with Gasteiger partial charge in [-0.1, -0.05) is 31.5 Å². The minimum Gasteiger partial charge on any atom is -0.368 e. The number of carbonyl (C=O) groups is 1. The van der Waals surface area contributed by atoms with Gasteiger partial charge in [-0.3, -0.25) is 4.79 Å². The van der Waals surface area contributed by atoms with Crippen LogP contribution in [-0.2, 0) is 11.0 Å². The van der Waals surface area contributed by atoms with Crippen molar-refractivity contribution in [2.24, 2.45) is 0 Å². The number of piperazine rings is 1. The lowest BCUT2D eigenvalue weighted by Gasteiger charge is -2.37. The van der Waals surface area contributed by atoms with Gasteiger partial charge in [0, 0.05) is 38.4 Å². The molecule has 1 aliphatic heterocycles. The Balaban J connectivity index is 1.60. The van der Waals surface area contributed by atoms with Gasteiger partial charge in [0.25, 0.3) is 0 Å². The van der Waals surface area contributed by atoms with Crippen LogP contribution in [0.25, 0.3) is 11.0 Å². The average molecular weight is 497 g/mol. The van der Waals surface area contributed by atoms with E-state index in [0.717, 1.165) is 25.0 Å². The molecule has 0 spiro atoms. The van der Waals surface area contributed by atoms with Crippen LogP contribution >= 0.6 is 0 Å². The van der Waals surface area contributed by atoms with E-state index < -0.39 is 23.6 Å². The molecule has 7 nitrogen and oxygen atoms in total. The van der Waals surface area contributed by atoms with Crippen molar-refractivity contribution >= 4 is 28.4 Å². The van der Waals surface area contributed by atoms with Crippen molar-refractivity contribution in [1.82, 2.24) is 15.3 Å². The molecule has 1 fully saturated rings. The first-order valence-electron chi connectivity index (χ1n) is 11.9. The van der Waals surface area contributed by atoms with E-state index in [1.807, 2.05) is 34.9 Å². The normalized spacial score (nSPS) is 15.0. The number of fused-ring (bicyclic) bond motifs is 1.